The van der Waals surface area contributed by atoms with Crippen molar-refractivity contribution < 1.29 is 14.6 Å². The maximum absolute atomic E-state index is 10.7. The van der Waals surface area contributed by atoms with Gasteiger partial charge in [0.1, 0.15) is 5.56 Å². The van der Waals surface area contributed by atoms with E-state index in [4.69, 9.17) is 16.3 Å². The molecule has 0 aliphatic heterocycles. The van der Waals surface area contributed by atoms with Gasteiger partial charge in [-0.1, -0.05) is 5.92 Å². The van der Waals surface area contributed by atoms with Crippen LogP contribution in [0.4, 0.5) is 0 Å². The Morgan fingerprint density at radius 1 is 1.79 bits per heavy atom. The monoisotopic (exact) mass is 191 g/mol. The Morgan fingerprint density at radius 3 is 3.07 bits per heavy atom. The topological polar surface area (TPSA) is 59.4 Å². The lowest BCUT2D eigenvalue weighted by Crippen LogP contribution is -2.12. The molecule has 14 heavy (non-hydrogen) atoms. The molecular formula is C10H9NO3. The van der Waals surface area contributed by atoms with Gasteiger partial charge in [-0.2, -0.15) is 0 Å². The van der Waals surface area contributed by atoms with E-state index in [9.17, 15) is 4.79 Å². The van der Waals surface area contributed by atoms with Crippen LogP contribution < -0.4 is 4.74 Å². The van der Waals surface area contributed by atoms with Crippen LogP contribution >= 0.6 is 0 Å². The van der Waals surface area contributed by atoms with Gasteiger partial charge in [-0.05, 0) is 19.1 Å². The fraction of sp³-hybridized carbons (Fsp3) is 0.200. The van der Waals surface area contributed by atoms with Crippen molar-refractivity contribution in [1.82, 2.24) is 4.98 Å². The molecule has 0 bridgehead atoms. The molecule has 1 heterocycles. The molecule has 0 fully saturated rings. The second-order valence-corrected chi connectivity index (χ2v) is 2.59. The van der Waals surface area contributed by atoms with Crippen LogP contribution in [0, 0.1) is 12.3 Å². The van der Waals surface area contributed by atoms with Crippen LogP contribution in [0.15, 0.2) is 18.3 Å². The summed E-state index contributed by atoms with van der Waals surface area (Å²) in [6, 6.07) is 2.94. The third-order valence-electron chi connectivity index (χ3n) is 1.52. The highest BCUT2D eigenvalue weighted by Gasteiger charge is 2.13. The number of nitrogens with zero attached hydrogens (tertiary/aromatic N) is 1. The molecule has 1 unspecified atom stereocenters. The first kappa shape index (κ1) is 10.1. The Balaban J connectivity index is 2.97. The third kappa shape index (κ3) is 2.23. The molecule has 0 aliphatic carbocycles. The zero-order valence-electron chi connectivity index (χ0n) is 7.60. The summed E-state index contributed by atoms with van der Waals surface area (Å²) in [5.41, 5.74) is 0.00889. The summed E-state index contributed by atoms with van der Waals surface area (Å²) in [4.78, 5) is 14.5. The van der Waals surface area contributed by atoms with Crippen LogP contribution in [-0.2, 0) is 0 Å². The number of ether oxygens (including phenoxy) is 1. The van der Waals surface area contributed by atoms with E-state index >= 15 is 0 Å². The molecule has 1 atom stereocenters. The van der Waals surface area contributed by atoms with E-state index in [0.29, 0.717) is 0 Å². The minimum Gasteiger partial charge on any atom is -0.477 e. The molecule has 0 aromatic carbocycles. The van der Waals surface area contributed by atoms with E-state index in [1.54, 1.807) is 6.92 Å². The highest BCUT2D eigenvalue weighted by atomic mass is 16.5. The summed E-state index contributed by atoms with van der Waals surface area (Å²) in [5, 5.41) is 8.78. The molecule has 72 valence electrons. The van der Waals surface area contributed by atoms with Gasteiger partial charge in [0.15, 0.2) is 6.10 Å². The third-order valence-corrected chi connectivity index (χ3v) is 1.52. The van der Waals surface area contributed by atoms with Gasteiger partial charge in [0.05, 0.1) is 0 Å². The lowest BCUT2D eigenvalue weighted by molar-refractivity contribution is 0.0690. The summed E-state index contributed by atoms with van der Waals surface area (Å²) in [6.07, 6.45) is 6.05. The Hall–Kier alpha value is -2.02. The van der Waals surface area contributed by atoms with Crippen molar-refractivity contribution in [2.45, 2.75) is 13.0 Å². The highest BCUT2D eigenvalue weighted by Crippen LogP contribution is 2.15. The number of terminal acetylenes is 1. The highest BCUT2D eigenvalue weighted by molar-refractivity contribution is 5.90. The van der Waals surface area contributed by atoms with Crippen molar-refractivity contribution in [1.29, 1.82) is 0 Å². The quantitative estimate of drug-likeness (QED) is 0.729. The van der Waals surface area contributed by atoms with Crippen molar-refractivity contribution in [3.8, 4) is 18.2 Å². The number of rotatable bonds is 3. The molecule has 0 aliphatic rings. The number of aromatic carboxylic acids is 1. The predicted molar refractivity (Wildman–Crippen MR) is 50.1 cm³/mol. The molecular weight excluding hydrogens is 182 g/mol. The number of carbonyl (C=O) groups is 1. The van der Waals surface area contributed by atoms with Crippen molar-refractivity contribution in [2.75, 3.05) is 0 Å². The normalized spacial score (nSPS) is 11.4. The molecule has 0 amide bonds. The summed E-state index contributed by atoms with van der Waals surface area (Å²) in [5.74, 6) is 1.29. The lowest BCUT2D eigenvalue weighted by Gasteiger charge is -2.09. The molecule has 1 N–H and O–H groups in total. The molecule has 1 aromatic heterocycles. The van der Waals surface area contributed by atoms with Crippen LogP contribution in [0.25, 0.3) is 0 Å². The Labute approximate surface area is 81.5 Å². The first-order chi connectivity index (χ1) is 6.65. The maximum Gasteiger partial charge on any atom is 0.341 e. The molecule has 0 radical (unpaired) electrons. The molecule has 0 spiro atoms. The lowest BCUT2D eigenvalue weighted by atomic mass is 10.3. The smallest absolute Gasteiger partial charge is 0.341 e. The van der Waals surface area contributed by atoms with Crippen LogP contribution in [0.2, 0.25) is 0 Å². The Kier molecular flexibility index (Phi) is 3.08. The van der Waals surface area contributed by atoms with Gasteiger partial charge in [0.25, 0.3) is 0 Å². The van der Waals surface area contributed by atoms with Gasteiger partial charge >= 0.3 is 5.97 Å². The second kappa shape index (κ2) is 4.28. The van der Waals surface area contributed by atoms with Crippen molar-refractivity contribution in [3.05, 3.63) is 23.9 Å². The van der Waals surface area contributed by atoms with Crippen molar-refractivity contribution in [2.24, 2.45) is 0 Å². The molecule has 1 aromatic rings. The van der Waals surface area contributed by atoms with Crippen molar-refractivity contribution in [3.63, 3.8) is 0 Å². The van der Waals surface area contributed by atoms with Crippen LogP contribution in [0.3, 0.4) is 0 Å². The summed E-state index contributed by atoms with van der Waals surface area (Å²) < 4.78 is 5.13. The zero-order chi connectivity index (χ0) is 10.6. The first-order valence-corrected chi connectivity index (χ1v) is 3.96. The summed E-state index contributed by atoms with van der Waals surface area (Å²) in [7, 11) is 0. The predicted octanol–water partition coefficient (Wildman–Crippen LogP) is 1.18. The number of pyridine rings is 1. The van der Waals surface area contributed by atoms with Crippen molar-refractivity contribution >= 4 is 5.97 Å². The SMILES string of the molecule is C#CC(C)Oc1ncccc1C(=O)O. The fourth-order valence-corrected chi connectivity index (χ4v) is 0.849. The van der Waals surface area contributed by atoms with Crippen LogP contribution in [0.5, 0.6) is 5.88 Å². The van der Waals surface area contributed by atoms with Gasteiger partial charge in [0, 0.05) is 6.20 Å². The first-order valence-electron chi connectivity index (χ1n) is 3.96. The minimum atomic E-state index is -1.09. The van der Waals surface area contributed by atoms with Gasteiger partial charge in [-0.25, -0.2) is 9.78 Å². The summed E-state index contributed by atoms with van der Waals surface area (Å²) >= 11 is 0. The van der Waals surface area contributed by atoms with Crippen LogP contribution in [0.1, 0.15) is 17.3 Å². The molecule has 0 saturated heterocycles. The number of aromatic nitrogens is 1. The van der Waals surface area contributed by atoms with E-state index in [1.807, 2.05) is 0 Å². The molecule has 1 rings (SSSR count). The number of carboxylic acid groups (broad SMARTS) is 1. The molecule has 4 heteroatoms. The Bertz CT molecular complexity index is 381. The largest absolute Gasteiger partial charge is 0.477 e. The summed E-state index contributed by atoms with van der Waals surface area (Å²) in [6.45, 7) is 1.64. The van der Waals surface area contributed by atoms with Gasteiger partial charge in [0.2, 0.25) is 5.88 Å². The van der Waals surface area contributed by atoms with Gasteiger partial charge in [-0.3, -0.25) is 0 Å². The number of hydrogen-bond donors (Lipinski definition) is 1. The molecule has 0 saturated carbocycles. The van der Waals surface area contributed by atoms with E-state index in [0.717, 1.165) is 0 Å². The van der Waals surface area contributed by atoms with E-state index in [1.165, 1.54) is 18.3 Å². The number of hydrogen-bond acceptors (Lipinski definition) is 3. The zero-order valence-corrected chi connectivity index (χ0v) is 7.60. The van der Waals surface area contributed by atoms with E-state index in [-0.39, 0.29) is 11.4 Å². The second-order valence-electron chi connectivity index (χ2n) is 2.59. The van der Waals surface area contributed by atoms with Crippen LogP contribution in [-0.4, -0.2) is 22.2 Å². The maximum atomic E-state index is 10.7. The molecule has 4 nitrogen and oxygen atoms in total. The average molecular weight is 191 g/mol. The van der Waals surface area contributed by atoms with E-state index < -0.39 is 12.1 Å². The van der Waals surface area contributed by atoms with Gasteiger partial charge < -0.3 is 9.84 Å². The fourth-order valence-electron chi connectivity index (χ4n) is 0.849. The average Bonchev–Trinajstić information content (AvgIpc) is 2.18. The Morgan fingerprint density at radius 2 is 2.50 bits per heavy atom. The van der Waals surface area contributed by atoms with Gasteiger partial charge in [-0.15, -0.1) is 6.42 Å². The number of carboxylic acids is 1. The standard InChI is InChI=1S/C10H9NO3/c1-3-7(2)14-9-8(10(12)13)5-4-6-11-9/h1,4-7H,2H3,(H,12,13). The van der Waals surface area contributed by atoms with E-state index in [2.05, 4.69) is 10.9 Å². The minimum absolute atomic E-state index is 0.00889.